The standard InChI is InChI=1S/C22H24N2O6/c1-4-20(25)30-21-18(28-5-2)7-6-8-19(21)29-12-11-24-22(26)17-10-9-16(27-3)13-15(17)14-23-24/h6-10,13-14H,4-5,11-12H2,1-3H3. The van der Waals surface area contributed by atoms with Gasteiger partial charge in [0.25, 0.3) is 5.56 Å². The van der Waals surface area contributed by atoms with Crippen molar-refractivity contribution in [3.05, 3.63) is 52.9 Å². The Kier molecular flexibility index (Phi) is 6.90. The van der Waals surface area contributed by atoms with E-state index in [-0.39, 0.29) is 30.9 Å². The third kappa shape index (κ3) is 4.71. The van der Waals surface area contributed by atoms with Gasteiger partial charge in [0, 0.05) is 11.8 Å². The Bertz CT molecular complexity index is 1090. The van der Waals surface area contributed by atoms with Crippen molar-refractivity contribution < 1.29 is 23.7 Å². The van der Waals surface area contributed by atoms with Crippen molar-refractivity contribution in [3.63, 3.8) is 0 Å². The molecule has 0 saturated heterocycles. The lowest BCUT2D eigenvalue weighted by atomic mass is 10.2. The highest BCUT2D eigenvalue weighted by Gasteiger charge is 2.16. The molecule has 0 bridgehead atoms. The van der Waals surface area contributed by atoms with Crippen LogP contribution in [0.1, 0.15) is 20.3 Å². The molecule has 0 spiro atoms. The number of hydrogen-bond acceptors (Lipinski definition) is 7. The Morgan fingerprint density at radius 3 is 2.57 bits per heavy atom. The second-order valence-corrected chi connectivity index (χ2v) is 6.32. The summed E-state index contributed by atoms with van der Waals surface area (Å²) in [6.07, 6.45) is 1.84. The average Bonchev–Trinajstić information content (AvgIpc) is 2.77. The minimum absolute atomic E-state index is 0.154. The zero-order valence-electron chi connectivity index (χ0n) is 17.2. The van der Waals surface area contributed by atoms with Crippen molar-refractivity contribution in [2.45, 2.75) is 26.8 Å². The van der Waals surface area contributed by atoms with E-state index < -0.39 is 5.97 Å². The summed E-state index contributed by atoms with van der Waals surface area (Å²) in [4.78, 5) is 24.5. The van der Waals surface area contributed by atoms with E-state index in [0.717, 1.165) is 0 Å². The molecular formula is C22H24N2O6. The molecule has 0 unspecified atom stereocenters. The summed E-state index contributed by atoms with van der Waals surface area (Å²) in [7, 11) is 1.57. The second-order valence-electron chi connectivity index (χ2n) is 6.32. The van der Waals surface area contributed by atoms with Crippen LogP contribution in [0, 0.1) is 0 Å². The number of para-hydroxylation sites is 1. The number of nitrogens with zero attached hydrogens (tertiary/aromatic N) is 2. The van der Waals surface area contributed by atoms with Crippen molar-refractivity contribution in [1.29, 1.82) is 0 Å². The smallest absolute Gasteiger partial charge is 0.311 e. The number of carbonyl (C=O) groups excluding carboxylic acids is 1. The van der Waals surface area contributed by atoms with Crippen LogP contribution < -0.4 is 24.5 Å². The molecule has 0 amide bonds. The molecule has 0 aliphatic carbocycles. The number of benzene rings is 2. The molecule has 3 aromatic rings. The molecule has 0 aliphatic rings. The number of rotatable bonds is 9. The molecule has 0 atom stereocenters. The van der Waals surface area contributed by atoms with E-state index in [0.29, 0.717) is 34.6 Å². The van der Waals surface area contributed by atoms with E-state index in [2.05, 4.69) is 5.10 Å². The summed E-state index contributed by atoms with van der Waals surface area (Å²) in [5.74, 6) is 1.29. The van der Waals surface area contributed by atoms with Crippen LogP contribution in [0.15, 0.2) is 47.4 Å². The van der Waals surface area contributed by atoms with E-state index >= 15 is 0 Å². The summed E-state index contributed by atoms with van der Waals surface area (Å²) in [6.45, 7) is 4.34. The molecular weight excluding hydrogens is 388 g/mol. The highest BCUT2D eigenvalue weighted by molar-refractivity contribution is 5.82. The Balaban J connectivity index is 1.77. The zero-order valence-corrected chi connectivity index (χ0v) is 17.2. The number of esters is 1. The Hall–Kier alpha value is -3.55. The van der Waals surface area contributed by atoms with Gasteiger partial charge in [0.1, 0.15) is 12.4 Å². The minimum atomic E-state index is -0.394. The molecule has 1 heterocycles. The lowest BCUT2D eigenvalue weighted by Gasteiger charge is -2.15. The topological polar surface area (TPSA) is 88.9 Å². The SMILES string of the molecule is CCOc1cccc(OCCn2ncc3cc(OC)ccc3c2=O)c1OC(=O)CC. The largest absolute Gasteiger partial charge is 0.497 e. The molecule has 0 N–H and O–H groups in total. The maximum Gasteiger partial charge on any atom is 0.311 e. The molecule has 8 heteroatoms. The van der Waals surface area contributed by atoms with E-state index in [4.69, 9.17) is 18.9 Å². The predicted molar refractivity (Wildman–Crippen MR) is 112 cm³/mol. The first-order valence-electron chi connectivity index (χ1n) is 9.70. The van der Waals surface area contributed by atoms with Gasteiger partial charge in [0.15, 0.2) is 11.5 Å². The summed E-state index contributed by atoms with van der Waals surface area (Å²) >= 11 is 0. The summed E-state index contributed by atoms with van der Waals surface area (Å²) < 4.78 is 23.2. The molecule has 0 aliphatic heterocycles. The maximum atomic E-state index is 12.7. The molecule has 30 heavy (non-hydrogen) atoms. The van der Waals surface area contributed by atoms with Gasteiger partial charge in [-0.2, -0.15) is 5.10 Å². The van der Waals surface area contributed by atoms with Crippen molar-refractivity contribution >= 4 is 16.7 Å². The van der Waals surface area contributed by atoms with Crippen molar-refractivity contribution in [3.8, 4) is 23.0 Å². The molecule has 158 valence electrons. The van der Waals surface area contributed by atoms with Crippen LogP contribution >= 0.6 is 0 Å². The first-order chi connectivity index (χ1) is 14.6. The van der Waals surface area contributed by atoms with Gasteiger partial charge in [-0.3, -0.25) is 9.59 Å². The Morgan fingerprint density at radius 2 is 1.87 bits per heavy atom. The summed E-state index contributed by atoms with van der Waals surface area (Å²) in [5.41, 5.74) is -0.223. The van der Waals surface area contributed by atoms with Crippen molar-refractivity contribution in [1.82, 2.24) is 9.78 Å². The number of methoxy groups -OCH3 is 1. The van der Waals surface area contributed by atoms with Crippen LogP contribution in [-0.4, -0.2) is 36.1 Å². The normalized spacial score (nSPS) is 10.6. The van der Waals surface area contributed by atoms with Crippen LogP contribution in [-0.2, 0) is 11.3 Å². The van der Waals surface area contributed by atoms with Gasteiger partial charge in [-0.1, -0.05) is 13.0 Å². The maximum absolute atomic E-state index is 12.7. The molecule has 1 aromatic heterocycles. The van der Waals surface area contributed by atoms with E-state index in [9.17, 15) is 9.59 Å². The van der Waals surface area contributed by atoms with Gasteiger partial charge in [-0.15, -0.1) is 0 Å². The van der Waals surface area contributed by atoms with Gasteiger partial charge in [0.2, 0.25) is 5.75 Å². The number of fused-ring (bicyclic) bond motifs is 1. The van der Waals surface area contributed by atoms with E-state index in [1.807, 2.05) is 6.92 Å². The van der Waals surface area contributed by atoms with E-state index in [1.165, 1.54) is 4.68 Å². The van der Waals surface area contributed by atoms with E-state index in [1.54, 1.807) is 56.6 Å². The first kappa shape index (κ1) is 21.2. The van der Waals surface area contributed by atoms with Crippen LogP contribution in [0.3, 0.4) is 0 Å². The van der Waals surface area contributed by atoms with Crippen molar-refractivity contribution in [2.24, 2.45) is 0 Å². The molecule has 8 nitrogen and oxygen atoms in total. The monoisotopic (exact) mass is 412 g/mol. The average molecular weight is 412 g/mol. The lowest BCUT2D eigenvalue weighted by Crippen LogP contribution is -2.25. The van der Waals surface area contributed by atoms with Gasteiger partial charge >= 0.3 is 5.97 Å². The van der Waals surface area contributed by atoms with Gasteiger partial charge in [-0.05, 0) is 37.3 Å². The molecule has 0 radical (unpaired) electrons. The Labute approximate surface area is 173 Å². The fourth-order valence-corrected chi connectivity index (χ4v) is 2.86. The van der Waals surface area contributed by atoms with Gasteiger partial charge in [0.05, 0.1) is 31.8 Å². The zero-order chi connectivity index (χ0) is 21.5. The number of ether oxygens (including phenoxy) is 4. The number of carbonyl (C=O) groups is 1. The van der Waals surface area contributed by atoms with Crippen LogP contribution in [0.4, 0.5) is 0 Å². The third-order valence-electron chi connectivity index (χ3n) is 4.37. The minimum Gasteiger partial charge on any atom is -0.497 e. The van der Waals surface area contributed by atoms with Gasteiger partial charge in [-0.25, -0.2) is 4.68 Å². The summed E-state index contributed by atoms with van der Waals surface area (Å²) in [6, 6.07) is 10.3. The molecule has 3 rings (SSSR count). The quantitative estimate of drug-likeness (QED) is 0.394. The van der Waals surface area contributed by atoms with Crippen molar-refractivity contribution in [2.75, 3.05) is 20.3 Å². The summed E-state index contributed by atoms with van der Waals surface area (Å²) in [5, 5.41) is 5.45. The number of aromatic nitrogens is 2. The third-order valence-corrected chi connectivity index (χ3v) is 4.37. The van der Waals surface area contributed by atoms with Gasteiger partial charge < -0.3 is 18.9 Å². The highest BCUT2D eigenvalue weighted by Crippen LogP contribution is 2.37. The fourth-order valence-electron chi connectivity index (χ4n) is 2.86. The molecule has 0 saturated carbocycles. The van der Waals surface area contributed by atoms with Crippen LogP contribution in [0.2, 0.25) is 0 Å². The highest BCUT2D eigenvalue weighted by atomic mass is 16.6. The Morgan fingerprint density at radius 1 is 1.10 bits per heavy atom. The molecule has 2 aromatic carbocycles. The van der Waals surface area contributed by atoms with Crippen LogP contribution in [0.5, 0.6) is 23.0 Å². The lowest BCUT2D eigenvalue weighted by molar-refractivity contribution is -0.134. The van der Waals surface area contributed by atoms with Crippen LogP contribution in [0.25, 0.3) is 10.8 Å². The predicted octanol–water partition coefficient (Wildman–Crippen LogP) is 3.20. The molecule has 0 fully saturated rings. The second kappa shape index (κ2) is 9.78. The fraction of sp³-hybridized carbons (Fsp3) is 0.318. The number of hydrogen-bond donors (Lipinski definition) is 0. The first-order valence-corrected chi connectivity index (χ1v) is 9.70.